The van der Waals surface area contributed by atoms with E-state index in [2.05, 4.69) is 19.8 Å². The summed E-state index contributed by atoms with van der Waals surface area (Å²) in [5.74, 6) is 2.26. The van der Waals surface area contributed by atoms with E-state index in [1.165, 1.54) is 0 Å². The van der Waals surface area contributed by atoms with Gasteiger partial charge in [0.15, 0.2) is 9.84 Å². The number of sulfone groups is 1. The van der Waals surface area contributed by atoms with Crippen molar-refractivity contribution in [1.82, 2.24) is 19.8 Å². The number of hydrogen-bond donors (Lipinski definition) is 1. The first-order valence-corrected chi connectivity index (χ1v) is 10.0. The van der Waals surface area contributed by atoms with E-state index in [0.29, 0.717) is 13.1 Å². The summed E-state index contributed by atoms with van der Waals surface area (Å²) in [6.07, 6.45) is 3.46. The molecule has 0 aliphatic carbocycles. The van der Waals surface area contributed by atoms with Gasteiger partial charge in [0, 0.05) is 43.6 Å². The molecule has 7 nitrogen and oxygen atoms in total. The van der Waals surface area contributed by atoms with Crippen molar-refractivity contribution in [2.24, 2.45) is 0 Å². The number of imidazole rings is 1. The van der Waals surface area contributed by atoms with Crippen LogP contribution in [-0.2, 0) is 22.9 Å². The number of rotatable bonds is 4. The summed E-state index contributed by atoms with van der Waals surface area (Å²) >= 11 is 0. The van der Waals surface area contributed by atoms with Crippen molar-refractivity contribution in [3.8, 4) is 0 Å². The number of aromatic amines is 1. The number of aryl methyl sites for hydroxylation is 1. The maximum atomic E-state index is 12.3. The molecule has 2 atom stereocenters. The number of fused-ring (bicyclic) bond motifs is 1. The third-order valence-corrected chi connectivity index (χ3v) is 6.69. The topological polar surface area (TPSA) is 82.4 Å². The molecule has 0 unspecified atom stereocenters. The van der Waals surface area contributed by atoms with Crippen LogP contribution in [0.1, 0.15) is 17.2 Å². The molecule has 1 N–H and O–H groups in total. The summed E-state index contributed by atoms with van der Waals surface area (Å²) in [5, 5.41) is 0. The largest absolute Gasteiger partial charge is 0.465 e. The Balaban J connectivity index is 1.53. The number of piperazine rings is 1. The van der Waals surface area contributed by atoms with Crippen molar-refractivity contribution in [2.75, 3.05) is 24.6 Å². The van der Waals surface area contributed by atoms with Crippen molar-refractivity contribution in [3.63, 3.8) is 0 Å². The molecule has 0 saturated carbocycles. The average molecular weight is 350 g/mol. The molecule has 2 aromatic rings. The van der Waals surface area contributed by atoms with E-state index in [-0.39, 0.29) is 23.6 Å². The van der Waals surface area contributed by atoms with Gasteiger partial charge in [-0.05, 0) is 19.1 Å². The van der Waals surface area contributed by atoms with Crippen LogP contribution in [0.2, 0.25) is 0 Å². The van der Waals surface area contributed by atoms with Crippen LogP contribution < -0.4 is 0 Å². The van der Waals surface area contributed by atoms with Gasteiger partial charge in [0.1, 0.15) is 11.5 Å². The van der Waals surface area contributed by atoms with Crippen molar-refractivity contribution >= 4 is 9.84 Å². The molecule has 2 aliphatic rings. The summed E-state index contributed by atoms with van der Waals surface area (Å²) in [6, 6.07) is 3.98. The first-order chi connectivity index (χ1) is 11.5. The highest BCUT2D eigenvalue weighted by Gasteiger charge is 2.46. The Labute approximate surface area is 141 Å². The van der Waals surface area contributed by atoms with E-state index in [9.17, 15) is 8.42 Å². The molecule has 24 heavy (non-hydrogen) atoms. The van der Waals surface area contributed by atoms with Gasteiger partial charge >= 0.3 is 0 Å². The number of aromatic nitrogens is 2. The van der Waals surface area contributed by atoms with Gasteiger partial charge in [0.25, 0.3) is 0 Å². The number of hydrogen-bond acceptors (Lipinski definition) is 6. The van der Waals surface area contributed by atoms with E-state index >= 15 is 0 Å². The van der Waals surface area contributed by atoms with E-state index in [1.807, 2.05) is 19.1 Å². The molecule has 0 aromatic carbocycles. The van der Waals surface area contributed by atoms with Gasteiger partial charge in [-0.1, -0.05) is 0 Å². The molecule has 2 saturated heterocycles. The maximum Gasteiger partial charge on any atom is 0.153 e. The fourth-order valence-corrected chi connectivity index (χ4v) is 5.89. The highest BCUT2D eigenvalue weighted by atomic mass is 32.2. The summed E-state index contributed by atoms with van der Waals surface area (Å²) in [6.45, 7) is 4.99. The third kappa shape index (κ3) is 3.13. The minimum absolute atomic E-state index is 0.0251. The van der Waals surface area contributed by atoms with E-state index in [1.54, 1.807) is 12.5 Å². The van der Waals surface area contributed by atoms with Crippen LogP contribution in [0.4, 0.5) is 0 Å². The molecular weight excluding hydrogens is 328 g/mol. The summed E-state index contributed by atoms with van der Waals surface area (Å²) < 4.78 is 30.2. The lowest BCUT2D eigenvalue weighted by molar-refractivity contribution is 0.0309. The minimum atomic E-state index is -3.00. The molecule has 2 aromatic heterocycles. The molecule has 2 aliphatic heterocycles. The number of nitrogens with one attached hydrogen (secondary N) is 1. The average Bonchev–Trinajstić information content (AvgIpc) is 3.22. The van der Waals surface area contributed by atoms with E-state index in [0.717, 1.165) is 30.3 Å². The highest BCUT2D eigenvalue weighted by molar-refractivity contribution is 7.91. The second-order valence-corrected chi connectivity index (χ2v) is 8.90. The van der Waals surface area contributed by atoms with Crippen LogP contribution in [0.5, 0.6) is 0 Å². The highest BCUT2D eigenvalue weighted by Crippen LogP contribution is 2.29. The number of H-pyrrole nitrogens is 1. The molecule has 0 bridgehead atoms. The predicted octanol–water partition coefficient (Wildman–Crippen LogP) is 0.795. The van der Waals surface area contributed by atoms with Crippen molar-refractivity contribution in [3.05, 3.63) is 41.9 Å². The molecule has 4 rings (SSSR count). The van der Waals surface area contributed by atoms with Crippen LogP contribution in [0.3, 0.4) is 0 Å². The monoisotopic (exact) mass is 350 g/mol. The van der Waals surface area contributed by atoms with Gasteiger partial charge in [-0.15, -0.1) is 0 Å². The van der Waals surface area contributed by atoms with Crippen LogP contribution in [0.25, 0.3) is 0 Å². The molecule has 0 amide bonds. The number of furan rings is 1. The lowest BCUT2D eigenvalue weighted by Crippen LogP contribution is -2.58. The summed E-state index contributed by atoms with van der Waals surface area (Å²) in [5.41, 5.74) is 1.02. The Bertz CT molecular complexity index is 799. The van der Waals surface area contributed by atoms with Crippen molar-refractivity contribution in [1.29, 1.82) is 0 Å². The summed E-state index contributed by atoms with van der Waals surface area (Å²) in [4.78, 5) is 11.7. The zero-order chi connectivity index (χ0) is 16.7. The lowest BCUT2D eigenvalue weighted by Gasteiger charge is -2.43. The van der Waals surface area contributed by atoms with Crippen molar-refractivity contribution < 1.29 is 12.8 Å². The second-order valence-electron chi connectivity index (χ2n) is 6.74. The zero-order valence-electron chi connectivity index (χ0n) is 13.7. The Kier molecular flexibility index (Phi) is 3.98. The number of nitrogens with zero attached hydrogens (tertiary/aromatic N) is 3. The third-order valence-electron chi connectivity index (χ3n) is 4.99. The Hall–Kier alpha value is -1.64. The molecule has 2 fully saturated rings. The van der Waals surface area contributed by atoms with Crippen LogP contribution in [0, 0.1) is 6.92 Å². The molecule has 8 heteroatoms. The SMILES string of the molecule is Cc1ccc(CN2CCN(Cc3cnc[nH]3)[C@@H]3CS(=O)(=O)C[C@@H]32)o1. The molecule has 4 heterocycles. The quantitative estimate of drug-likeness (QED) is 0.878. The molecule has 0 radical (unpaired) electrons. The van der Waals surface area contributed by atoms with Crippen molar-refractivity contribution in [2.45, 2.75) is 32.1 Å². The standard InChI is InChI=1S/C16H22N4O3S/c1-12-2-3-14(23-12)8-20-5-4-19(7-13-6-17-11-18-13)15-9-24(21,22)10-16(15)20/h2-3,6,11,15-16H,4-5,7-10H2,1H3,(H,17,18)/t15-,16+/m1/s1. The van der Waals surface area contributed by atoms with Crippen LogP contribution in [-0.4, -0.2) is 64.9 Å². The van der Waals surface area contributed by atoms with Gasteiger partial charge < -0.3 is 9.40 Å². The van der Waals surface area contributed by atoms with Gasteiger partial charge in [-0.2, -0.15) is 0 Å². The molecular formula is C16H22N4O3S. The zero-order valence-corrected chi connectivity index (χ0v) is 14.5. The first kappa shape index (κ1) is 15.9. The Morgan fingerprint density at radius 1 is 1.21 bits per heavy atom. The fourth-order valence-electron chi connectivity index (χ4n) is 3.85. The normalized spacial score (nSPS) is 27.4. The maximum absolute atomic E-state index is 12.3. The Morgan fingerprint density at radius 3 is 2.50 bits per heavy atom. The first-order valence-electron chi connectivity index (χ1n) is 8.21. The van der Waals surface area contributed by atoms with Gasteiger partial charge in [0.2, 0.25) is 0 Å². The smallest absolute Gasteiger partial charge is 0.153 e. The van der Waals surface area contributed by atoms with Gasteiger partial charge in [0.05, 0.1) is 24.4 Å². The van der Waals surface area contributed by atoms with Crippen LogP contribution >= 0.6 is 0 Å². The summed E-state index contributed by atoms with van der Waals surface area (Å²) in [7, 11) is -3.00. The molecule has 130 valence electrons. The van der Waals surface area contributed by atoms with E-state index in [4.69, 9.17) is 4.42 Å². The lowest BCUT2D eigenvalue weighted by atomic mass is 10.0. The Morgan fingerprint density at radius 2 is 1.92 bits per heavy atom. The van der Waals surface area contributed by atoms with Gasteiger partial charge in [-0.25, -0.2) is 13.4 Å². The predicted molar refractivity (Wildman–Crippen MR) is 89.1 cm³/mol. The van der Waals surface area contributed by atoms with Crippen LogP contribution in [0.15, 0.2) is 29.1 Å². The molecule has 0 spiro atoms. The van der Waals surface area contributed by atoms with Gasteiger partial charge in [-0.3, -0.25) is 9.80 Å². The minimum Gasteiger partial charge on any atom is -0.465 e. The second kappa shape index (κ2) is 6.02. The fraction of sp³-hybridized carbons (Fsp3) is 0.562. The van der Waals surface area contributed by atoms with E-state index < -0.39 is 9.84 Å².